The molecule has 0 aliphatic heterocycles. The molecule has 1 N–H and O–H groups in total. The summed E-state index contributed by atoms with van der Waals surface area (Å²) in [6, 6.07) is 6.13. The van der Waals surface area contributed by atoms with Crippen LogP contribution in [0.3, 0.4) is 0 Å². The van der Waals surface area contributed by atoms with Crippen molar-refractivity contribution in [2.75, 3.05) is 26.9 Å². The average molecular weight is 258 g/mol. The van der Waals surface area contributed by atoms with Gasteiger partial charge in [0.05, 0.1) is 11.6 Å². The van der Waals surface area contributed by atoms with E-state index in [9.17, 15) is 0 Å². The van der Waals surface area contributed by atoms with Gasteiger partial charge in [0, 0.05) is 12.6 Å². The van der Waals surface area contributed by atoms with Gasteiger partial charge in [0.1, 0.15) is 12.4 Å². The zero-order valence-corrected chi connectivity index (χ0v) is 11.4. The predicted octanol–water partition coefficient (Wildman–Crippen LogP) is 3.04. The molecule has 1 atom stereocenters. The fourth-order valence-electron chi connectivity index (χ4n) is 1.43. The van der Waals surface area contributed by atoms with Crippen LogP contribution < -0.4 is 10.1 Å². The van der Waals surface area contributed by atoms with Crippen molar-refractivity contribution < 1.29 is 9.47 Å². The fourth-order valence-corrected chi connectivity index (χ4v) is 1.67. The van der Waals surface area contributed by atoms with Crippen molar-refractivity contribution in [2.24, 2.45) is 0 Å². The normalized spacial score (nSPS) is 12.5. The van der Waals surface area contributed by atoms with E-state index >= 15 is 0 Å². The Morgan fingerprint density at radius 2 is 2.12 bits per heavy atom. The molecule has 0 bridgehead atoms. The van der Waals surface area contributed by atoms with Gasteiger partial charge in [-0.15, -0.1) is 0 Å². The molecule has 4 heteroatoms. The average Bonchev–Trinajstić information content (AvgIpc) is 2.35. The van der Waals surface area contributed by atoms with Crippen LogP contribution in [-0.4, -0.2) is 26.9 Å². The van der Waals surface area contributed by atoms with E-state index in [4.69, 9.17) is 21.1 Å². The number of nitrogens with one attached hydrogen (secondary N) is 1. The first-order valence-corrected chi connectivity index (χ1v) is 6.24. The van der Waals surface area contributed by atoms with Gasteiger partial charge in [0.25, 0.3) is 0 Å². The molecule has 0 spiro atoms. The lowest BCUT2D eigenvalue weighted by Crippen LogP contribution is -2.12. The van der Waals surface area contributed by atoms with E-state index in [2.05, 4.69) is 12.2 Å². The highest BCUT2D eigenvalue weighted by molar-refractivity contribution is 6.32. The summed E-state index contributed by atoms with van der Waals surface area (Å²) in [5.41, 5.74) is 1.15. The van der Waals surface area contributed by atoms with E-state index < -0.39 is 0 Å². The maximum absolute atomic E-state index is 6.15. The second kappa shape index (κ2) is 7.54. The highest BCUT2D eigenvalue weighted by Gasteiger charge is 2.07. The molecule has 0 aromatic heterocycles. The molecule has 1 aromatic carbocycles. The van der Waals surface area contributed by atoms with Gasteiger partial charge in [0.2, 0.25) is 0 Å². The number of benzene rings is 1. The molecule has 0 heterocycles. The molecule has 1 rings (SSSR count). The Bertz CT molecular complexity index is 344. The van der Waals surface area contributed by atoms with E-state index in [1.165, 1.54) is 0 Å². The summed E-state index contributed by atoms with van der Waals surface area (Å²) >= 11 is 6.15. The molecule has 0 saturated carbocycles. The standard InChI is InChI=1S/C13H20ClNO2/c1-4-16-7-8-17-13-6-5-11(9-12(13)14)10(2)15-3/h5-6,9-10,15H,4,7-8H2,1-3H3. The van der Waals surface area contributed by atoms with Gasteiger partial charge in [-0.1, -0.05) is 17.7 Å². The minimum atomic E-state index is 0.282. The number of hydrogen-bond acceptors (Lipinski definition) is 3. The van der Waals surface area contributed by atoms with Crippen LogP contribution >= 0.6 is 11.6 Å². The van der Waals surface area contributed by atoms with E-state index in [1.807, 2.05) is 32.2 Å². The molecule has 1 unspecified atom stereocenters. The second-order valence-corrected chi connectivity index (χ2v) is 4.15. The Labute approximate surface area is 108 Å². The van der Waals surface area contributed by atoms with Crippen molar-refractivity contribution >= 4 is 11.6 Å². The van der Waals surface area contributed by atoms with Crippen molar-refractivity contribution in [3.63, 3.8) is 0 Å². The molecule has 0 aliphatic rings. The van der Waals surface area contributed by atoms with Crippen molar-refractivity contribution in [1.29, 1.82) is 0 Å². The SMILES string of the molecule is CCOCCOc1ccc(C(C)NC)cc1Cl. The third-order valence-corrected chi connectivity index (χ3v) is 2.87. The van der Waals surface area contributed by atoms with Crippen LogP contribution in [0.5, 0.6) is 5.75 Å². The number of halogens is 1. The zero-order valence-electron chi connectivity index (χ0n) is 10.6. The Morgan fingerprint density at radius 1 is 1.35 bits per heavy atom. The summed E-state index contributed by atoms with van der Waals surface area (Å²) in [6.45, 7) is 5.86. The first-order valence-electron chi connectivity index (χ1n) is 5.86. The minimum absolute atomic E-state index is 0.282. The maximum atomic E-state index is 6.15. The lowest BCUT2D eigenvalue weighted by atomic mass is 10.1. The lowest BCUT2D eigenvalue weighted by Gasteiger charge is -2.13. The van der Waals surface area contributed by atoms with Crippen molar-refractivity contribution in [2.45, 2.75) is 19.9 Å². The third-order valence-electron chi connectivity index (χ3n) is 2.58. The van der Waals surface area contributed by atoms with E-state index in [0.717, 1.165) is 5.56 Å². The molecule has 3 nitrogen and oxygen atoms in total. The van der Waals surface area contributed by atoms with Crippen LogP contribution in [-0.2, 0) is 4.74 Å². The first kappa shape index (κ1) is 14.3. The zero-order chi connectivity index (χ0) is 12.7. The van der Waals surface area contributed by atoms with Gasteiger partial charge < -0.3 is 14.8 Å². The molecular weight excluding hydrogens is 238 g/mol. The molecular formula is C13H20ClNO2. The van der Waals surface area contributed by atoms with Gasteiger partial charge >= 0.3 is 0 Å². The Kier molecular flexibility index (Phi) is 6.34. The van der Waals surface area contributed by atoms with Crippen molar-refractivity contribution in [3.8, 4) is 5.75 Å². The summed E-state index contributed by atoms with van der Waals surface area (Å²) in [5.74, 6) is 0.707. The van der Waals surface area contributed by atoms with Crippen LogP contribution in [0, 0.1) is 0 Å². The van der Waals surface area contributed by atoms with Crippen molar-refractivity contribution in [1.82, 2.24) is 5.32 Å². The van der Waals surface area contributed by atoms with Crippen LogP contribution in [0.1, 0.15) is 25.5 Å². The van der Waals surface area contributed by atoms with E-state index in [0.29, 0.717) is 30.6 Å². The predicted molar refractivity (Wildman–Crippen MR) is 70.9 cm³/mol. The quantitative estimate of drug-likeness (QED) is 0.762. The topological polar surface area (TPSA) is 30.5 Å². The summed E-state index contributed by atoms with van der Waals surface area (Å²) in [7, 11) is 1.92. The molecule has 0 amide bonds. The summed E-state index contributed by atoms with van der Waals surface area (Å²) in [6.07, 6.45) is 0. The van der Waals surface area contributed by atoms with Crippen LogP contribution in [0.15, 0.2) is 18.2 Å². The minimum Gasteiger partial charge on any atom is -0.490 e. The molecule has 0 aliphatic carbocycles. The van der Waals surface area contributed by atoms with Gasteiger partial charge in [-0.05, 0) is 38.6 Å². The van der Waals surface area contributed by atoms with E-state index in [-0.39, 0.29) is 6.04 Å². The van der Waals surface area contributed by atoms with E-state index in [1.54, 1.807) is 0 Å². The molecule has 1 aromatic rings. The number of hydrogen-bond donors (Lipinski definition) is 1. The Hall–Kier alpha value is -0.770. The molecule has 0 fully saturated rings. The summed E-state index contributed by atoms with van der Waals surface area (Å²) in [4.78, 5) is 0. The first-order chi connectivity index (χ1) is 8.19. The summed E-state index contributed by atoms with van der Waals surface area (Å²) < 4.78 is 10.7. The highest BCUT2D eigenvalue weighted by Crippen LogP contribution is 2.27. The lowest BCUT2D eigenvalue weighted by molar-refractivity contribution is 0.110. The smallest absolute Gasteiger partial charge is 0.138 e. The second-order valence-electron chi connectivity index (χ2n) is 3.75. The maximum Gasteiger partial charge on any atom is 0.138 e. The molecule has 96 valence electrons. The van der Waals surface area contributed by atoms with Gasteiger partial charge in [0.15, 0.2) is 0 Å². The van der Waals surface area contributed by atoms with Crippen LogP contribution in [0.4, 0.5) is 0 Å². The largest absolute Gasteiger partial charge is 0.490 e. The number of rotatable bonds is 7. The molecule has 17 heavy (non-hydrogen) atoms. The van der Waals surface area contributed by atoms with Crippen LogP contribution in [0.25, 0.3) is 0 Å². The summed E-state index contributed by atoms with van der Waals surface area (Å²) in [5, 5.41) is 3.81. The Balaban J connectivity index is 2.57. The highest BCUT2D eigenvalue weighted by atomic mass is 35.5. The monoisotopic (exact) mass is 257 g/mol. The van der Waals surface area contributed by atoms with Gasteiger partial charge in [-0.2, -0.15) is 0 Å². The van der Waals surface area contributed by atoms with Crippen molar-refractivity contribution in [3.05, 3.63) is 28.8 Å². The van der Waals surface area contributed by atoms with Crippen LogP contribution in [0.2, 0.25) is 5.02 Å². The molecule has 0 radical (unpaired) electrons. The van der Waals surface area contributed by atoms with Gasteiger partial charge in [-0.3, -0.25) is 0 Å². The third kappa shape index (κ3) is 4.54. The molecule has 0 saturated heterocycles. The Morgan fingerprint density at radius 3 is 2.71 bits per heavy atom. The fraction of sp³-hybridized carbons (Fsp3) is 0.538. The number of ether oxygens (including phenoxy) is 2. The van der Waals surface area contributed by atoms with Gasteiger partial charge in [-0.25, -0.2) is 0 Å².